The van der Waals surface area contributed by atoms with Crippen molar-refractivity contribution in [1.29, 1.82) is 0 Å². The van der Waals surface area contributed by atoms with E-state index in [-0.39, 0.29) is 33.1 Å². The summed E-state index contributed by atoms with van der Waals surface area (Å²) in [7, 11) is 0. The van der Waals surface area contributed by atoms with E-state index >= 15 is 0 Å². The quantitative estimate of drug-likeness (QED) is 0.449. The molecule has 0 spiro atoms. The number of carbonyl (C=O) groups excluding carboxylic acids is 2. The maximum Gasteiger partial charge on any atom is 0.410 e. The molecule has 198 valence electrons. The summed E-state index contributed by atoms with van der Waals surface area (Å²) in [5.41, 5.74) is 6.62. The van der Waals surface area contributed by atoms with Gasteiger partial charge in [-0.1, -0.05) is 43.8 Å². The molecule has 3 aromatic rings. The van der Waals surface area contributed by atoms with Crippen molar-refractivity contribution in [3.8, 4) is 0 Å². The highest BCUT2D eigenvalue weighted by molar-refractivity contribution is 5.85. The molecule has 4 rings (SSSR count). The maximum absolute atomic E-state index is 12.7. The minimum Gasteiger partial charge on any atom is -0.443 e. The van der Waals surface area contributed by atoms with Crippen LogP contribution in [0.25, 0.3) is 0 Å². The average Bonchev–Trinajstić information content (AvgIpc) is 3.30. The first kappa shape index (κ1) is 27.8. The van der Waals surface area contributed by atoms with Crippen LogP contribution >= 0.6 is 0 Å². The van der Waals surface area contributed by atoms with E-state index in [1.165, 1.54) is 0 Å². The van der Waals surface area contributed by atoms with Crippen molar-refractivity contribution >= 4 is 12.0 Å². The van der Waals surface area contributed by atoms with Crippen LogP contribution in [0.4, 0.5) is 4.79 Å². The molecule has 0 unspecified atom stereocenters. The standard InChI is InChI=1S/C25H31N7O4.CH4/c1-25(2,26)23(33)28-20(17-35-15-18-8-4-3-5-9-18)22-30-29-21-14-31(12-13-32(21)22)24(34)36-16-19-10-6-7-11-27-19;/h3-11,20H,12-17,26H2,1-2H3,(H,28,33);1H4/t20-;/m1./s1. The molecule has 0 radical (unpaired) electrons. The van der Waals surface area contributed by atoms with E-state index in [0.29, 0.717) is 37.0 Å². The van der Waals surface area contributed by atoms with Crippen LogP contribution in [-0.2, 0) is 40.6 Å². The number of nitrogens with one attached hydrogen (secondary N) is 1. The van der Waals surface area contributed by atoms with Gasteiger partial charge in [0, 0.05) is 19.3 Å². The Hall–Kier alpha value is -3.83. The van der Waals surface area contributed by atoms with Crippen LogP contribution in [0, 0.1) is 0 Å². The molecule has 11 heteroatoms. The van der Waals surface area contributed by atoms with Gasteiger partial charge in [0.1, 0.15) is 12.6 Å². The predicted octanol–water partition coefficient (Wildman–Crippen LogP) is 2.57. The molecule has 1 aliphatic rings. The van der Waals surface area contributed by atoms with Crippen molar-refractivity contribution in [2.24, 2.45) is 5.73 Å². The zero-order valence-electron chi connectivity index (χ0n) is 20.5. The van der Waals surface area contributed by atoms with Crippen molar-refractivity contribution < 1.29 is 19.1 Å². The molecule has 37 heavy (non-hydrogen) atoms. The fourth-order valence-electron chi connectivity index (χ4n) is 3.70. The first-order chi connectivity index (χ1) is 17.3. The van der Waals surface area contributed by atoms with Gasteiger partial charge in [-0.2, -0.15) is 0 Å². The predicted molar refractivity (Wildman–Crippen MR) is 137 cm³/mol. The van der Waals surface area contributed by atoms with Crippen LogP contribution in [0.2, 0.25) is 0 Å². The molecular formula is C26H35N7O4. The Kier molecular flexibility index (Phi) is 9.31. The lowest BCUT2D eigenvalue weighted by Crippen LogP contribution is -2.51. The van der Waals surface area contributed by atoms with Gasteiger partial charge in [-0.05, 0) is 31.5 Å². The highest BCUT2D eigenvalue weighted by Gasteiger charge is 2.31. The minimum absolute atomic E-state index is 0. The van der Waals surface area contributed by atoms with Crippen LogP contribution in [0.1, 0.15) is 50.2 Å². The lowest BCUT2D eigenvalue weighted by molar-refractivity contribution is -0.126. The van der Waals surface area contributed by atoms with Crippen molar-refractivity contribution in [2.75, 3.05) is 13.2 Å². The molecule has 1 aromatic carbocycles. The van der Waals surface area contributed by atoms with E-state index in [1.54, 1.807) is 37.1 Å². The molecule has 3 heterocycles. The summed E-state index contributed by atoms with van der Waals surface area (Å²) >= 11 is 0. The lowest BCUT2D eigenvalue weighted by Gasteiger charge is -2.29. The fourth-order valence-corrected chi connectivity index (χ4v) is 3.70. The van der Waals surface area contributed by atoms with Crippen LogP contribution in [-0.4, -0.2) is 55.3 Å². The second-order valence-electron chi connectivity index (χ2n) is 9.17. The number of hydrogen-bond acceptors (Lipinski definition) is 8. The number of nitrogens with two attached hydrogens (primary N) is 1. The Bertz CT molecular complexity index is 1160. The molecule has 2 amide bonds. The third kappa shape index (κ3) is 7.34. The van der Waals surface area contributed by atoms with Crippen LogP contribution in [0.15, 0.2) is 54.7 Å². The highest BCUT2D eigenvalue weighted by atomic mass is 16.6. The number of aromatic nitrogens is 4. The first-order valence-corrected chi connectivity index (χ1v) is 11.8. The van der Waals surface area contributed by atoms with Crippen molar-refractivity contribution in [2.45, 2.75) is 59.2 Å². The zero-order chi connectivity index (χ0) is 25.5. The summed E-state index contributed by atoms with van der Waals surface area (Å²) in [6.07, 6.45) is 1.20. The summed E-state index contributed by atoms with van der Waals surface area (Å²) < 4.78 is 13.2. The van der Waals surface area contributed by atoms with E-state index < -0.39 is 17.7 Å². The number of amides is 2. The van der Waals surface area contributed by atoms with Crippen LogP contribution in [0.5, 0.6) is 0 Å². The number of hydrogen-bond donors (Lipinski definition) is 2. The molecule has 0 saturated heterocycles. The largest absolute Gasteiger partial charge is 0.443 e. The van der Waals surface area contributed by atoms with Gasteiger partial charge in [-0.15, -0.1) is 10.2 Å². The molecule has 0 saturated carbocycles. The summed E-state index contributed by atoms with van der Waals surface area (Å²) in [6.45, 7) is 5.04. The second kappa shape index (κ2) is 12.4. The molecular weight excluding hydrogens is 474 g/mol. The molecule has 11 nitrogen and oxygen atoms in total. The summed E-state index contributed by atoms with van der Waals surface area (Å²) in [5, 5.41) is 11.6. The molecule has 0 aliphatic carbocycles. The number of ether oxygens (including phenoxy) is 2. The van der Waals surface area contributed by atoms with Gasteiger partial charge < -0.3 is 25.1 Å². The topological polar surface area (TPSA) is 137 Å². The average molecular weight is 510 g/mol. The Labute approximate surface area is 217 Å². The summed E-state index contributed by atoms with van der Waals surface area (Å²) in [6, 6.07) is 14.6. The minimum atomic E-state index is -1.07. The molecule has 0 fully saturated rings. The third-order valence-electron chi connectivity index (χ3n) is 5.71. The number of nitrogens with zero attached hydrogens (tertiary/aromatic N) is 5. The normalized spacial score (nSPS) is 13.8. The second-order valence-corrected chi connectivity index (χ2v) is 9.17. The van der Waals surface area contributed by atoms with E-state index in [0.717, 1.165) is 5.56 Å². The molecule has 0 bridgehead atoms. The van der Waals surface area contributed by atoms with Gasteiger partial charge in [0.25, 0.3) is 0 Å². The summed E-state index contributed by atoms with van der Waals surface area (Å²) in [4.78, 5) is 31.0. The van der Waals surface area contributed by atoms with Gasteiger partial charge >= 0.3 is 6.09 Å². The zero-order valence-corrected chi connectivity index (χ0v) is 20.5. The lowest BCUT2D eigenvalue weighted by atomic mass is 10.1. The van der Waals surface area contributed by atoms with Crippen LogP contribution in [0.3, 0.4) is 0 Å². The van der Waals surface area contributed by atoms with Gasteiger partial charge in [-0.3, -0.25) is 14.7 Å². The van der Waals surface area contributed by atoms with Crippen molar-refractivity contribution in [3.05, 3.63) is 77.6 Å². The Morgan fingerprint density at radius 3 is 2.54 bits per heavy atom. The molecule has 1 atom stereocenters. The SMILES string of the molecule is C.CC(C)(N)C(=O)N[C@H](COCc1ccccc1)c1nnc2n1CCN(C(=O)OCc1ccccn1)C2. The Morgan fingerprint density at radius 1 is 1.08 bits per heavy atom. The molecule has 1 aliphatic heterocycles. The maximum atomic E-state index is 12.7. The number of benzene rings is 1. The van der Waals surface area contributed by atoms with Gasteiger partial charge in [0.2, 0.25) is 5.91 Å². The monoisotopic (exact) mass is 509 g/mol. The van der Waals surface area contributed by atoms with Crippen molar-refractivity contribution in [3.63, 3.8) is 0 Å². The fraction of sp³-hybridized carbons (Fsp3) is 0.423. The van der Waals surface area contributed by atoms with E-state index in [4.69, 9.17) is 15.2 Å². The van der Waals surface area contributed by atoms with E-state index in [1.807, 2.05) is 41.0 Å². The Morgan fingerprint density at radius 2 is 1.84 bits per heavy atom. The highest BCUT2D eigenvalue weighted by Crippen LogP contribution is 2.20. The number of fused-ring (bicyclic) bond motifs is 1. The number of pyridine rings is 1. The first-order valence-electron chi connectivity index (χ1n) is 11.8. The van der Waals surface area contributed by atoms with E-state index in [9.17, 15) is 9.59 Å². The van der Waals surface area contributed by atoms with Crippen LogP contribution < -0.4 is 11.1 Å². The smallest absolute Gasteiger partial charge is 0.410 e. The van der Waals surface area contributed by atoms with Gasteiger partial charge in [0.15, 0.2) is 11.6 Å². The molecule has 2 aromatic heterocycles. The number of carbonyl (C=O) groups is 2. The van der Waals surface area contributed by atoms with E-state index in [2.05, 4.69) is 20.5 Å². The van der Waals surface area contributed by atoms with Gasteiger partial charge in [0.05, 0.1) is 31.0 Å². The third-order valence-corrected chi connectivity index (χ3v) is 5.71. The van der Waals surface area contributed by atoms with Crippen molar-refractivity contribution in [1.82, 2.24) is 30.0 Å². The van der Waals surface area contributed by atoms with Gasteiger partial charge in [-0.25, -0.2) is 4.79 Å². The Balaban J connectivity index is 0.00000380. The summed E-state index contributed by atoms with van der Waals surface area (Å²) in [5.74, 6) is 0.821. The molecule has 3 N–H and O–H groups in total. The number of rotatable bonds is 9.